The summed E-state index contributed by atoms with van der Waals surface area (Å²) < 4.78 is 3.48. The molecule has 2 heterocycles. The third-order valence-electron chi connectivity index (χ3n) is 2.68. The van der Waals surface area contributed by atoms with Gasteiger partial charge in [-0.05, 0) is 6.92 Å². The second-order valence-corrected chi connectivity index (χ2v) is 3.57. The number of aromatic nitrogens is 5. The Kier molecular flexibility index (Phi) is 2.28. The fraction of sp³-hybridized carbons (Fsp3) is 0.444. The lowest BCUT2D eigenvalue weighted by molar-refractivity contribution is 0.648. The van der Waals surface area contributed by atoms with Gasteiger partial charge in [0.15, 0.2) is 0 Å². The summed E-state index contributed by atoms with van der Waals surface area (Å²) in [4.78, 5) is 0. The van der Waals surface area contributed by atoms with Crippen molar-refractivity contribution in [2.75, 3.05) is 0 Å². The molecule has 1 atom stereocenters. The maximum absolute atomic E-state index is 6.12. The Hall–Kier alpha value is -1.69. The van der Waals surface area contributed by atoms with E-state index in [4.69, 9.17) is 5.73 Å². The van der Waals surface area contributed by atoms with Gasteiger partial charge in [-0.1, -0.05) is 5.21 Å². The minimum atomic E-state index is -0.223. The van der Waals surface area contributed by atoms with Crippen LogP contribution in [0.5, 0.6) is 0 Å². The highest BCUT2D eigenvalue weighted by molar-refractivity contribution is 5.27. The molecule has 0 amide bonds. The zero-order valence-electron chi connectivity index (χ0n) is 9.05. The van der Waals surface area contributed by atoms with Crippen LogP contribution in [0.2, 0.25) is 0 Å². The standard InChI is InChI=1S/C9H14N6/c1-6-7(4-12-14(6)2)9(10)8-5-11-13-15(8)3/h4-5,9H,10H2,1-3H3. The van der Waals surface area contributed by atoms with E-state index in [1.54, 1.807) is 21.8 Å². The van der Waals surface area contributed by atoms with Crippen molar-refractivity contribution in [3.05, 3.63) is 29.3 Å². The fourth-order valence-corrected chi connectivity index (χ4v) is 1.56. The van der Waals surface area contributed by atoms with Crippen molar-refractivity contribution in [3.8, 4) is 0 Å². The highest BCUT2D eigenvalue weighted by Gasteiger charge is 2.17. The van der Waals surface area contributed by atoms with Crippen molar-refractivity contribution in [1.29, 1.82) is 0 Å². The van der Waals surface area contributed by atoms with E-state index in [0.717, 1.165) is 17.0 Å². The van der Waals surface area contributed by atoms with Crippen molar-refractivity contribution in [1.82, 2.24) is 24.8 Å². The molecule has 0 saturated carbocycles. The Balaban J connectivity index is 2.41. The number of hydrogen-bond donors (Lipinski definition) is 1. The molecule has 0 fully saturated rings. The number of aryl methyl sites for hydroxylation is 2. The largest absolute Gasteiger partial charge is 0.319 e. The van der Waals surface area contributed by atoms with E-state index >= 15 is 0 Å². The van der Waals surface area contributed by atoms with Crippen LogP contribution in [0.15, 0.2) is 12.4 Å². The molecule has 0 spiro atoms. The minimum Gasteiger partial charge on any atom is -0.319 e. The molecule has 15 heavy (non-hydrogen) atoms. The number of nitrogens with two attached hydrogens (primary N) is 1. The predicted octanol–water partition coefficient (Wildman–Crippen LogP) is -0.0949. The molecule has 0 aromatic carbocycles. The zero-order valence-corrected chi connectivity index (χ0v) is 9.05. The molecule has 2 N–H and O–H groups in total. The van der Waals surface area contributed by atoms with E-state index in [0.29, 0.717) is 0 Å². The second kappa shape index (κ2) is 3.47. The van der Waals surface area contributed by atoms with Gasteiger partial charge in [0, 0.05) is 25.4 Å². The van der Waals surface area contributed by atoms with E-state index in [-0.39, 0.29) is 6.04 Å². The van der Waals surface area contributed by atoms with Gasteiger partial charge in [-0.15, -0.1) is 5.10 Å². The first kappa shape index (κ1) is 9.85. The lowest BCUT2D eigenvalue weighted by Crippen LogP contribution is -2.16. The summed E-state index contributed by atoms with van der Waals surface area (Å²) in [5, 5.41) is 11.8. The van der Waals surface area contributed by atoms with Crippen LogP contribution in [0.4, 0.5) is 0 Å². The summed E-state index contributed by atoms with van der Waals surface area (Å²) in [5.74, 6) is 0. The first-order valence-corrected chi connectivity index (χ1v) is 4.70. The van der Waals surface area contributed by atoms with Crippen molar-refractivity contribution < 1.29 is 0 Å². The highest BCUT2D eigenvalue weighted by Crippen LogP contribution is 2.20. The Labute approximate surface area is 87.7 Å². The molecule has 0 aliphatic rings. The maximum atomic E-state index is 6.12. The molecule has 1 unspecified atom stereocenters. The Morgan fingerprint density at radius 1 is 1.27 bits per heavy atom. The lowest BCUT2D eigenvalue weighted by Gasteiger charge is -2.10. The van der Waals surface area contributed by atoms with E-state index in [1.807, 2.05) is 21.0 Å². The van der Waals surface area contributed by atoms with E-state index in [1.165, 1.54) is 0 Å². The molecule has 2 aromatic heterocycles. The molecule has 2 aromatic rings. The molecule has 2 rings (SSSR count). The molecular formula is C9H14N6. The van der Waals surface area contributed by atoms with E-state index in [2.05, 4.69) is 15.4 Å². The quantitative estimate of drug-likeness (QED) is 0.745. The Morgan fingerprint density at radius 2 is 2.00 bits per heavy atom. The third-order valence-corrected chi connectivity index (χ3v) is 2.68. The van der Waals surface area contributed by atoms with Crippen LogP contribution in [-0.2, 0) is 14.1 Å². The summed E-state index contributed by atoms with van der Waals surface area (Å²) in [5.41, 5.74) is 9.06. The first-order chi connectivity index (χ1) is 7.11. The van der Waals surface area contributed by atoms with Crippen LogP contribution in [0.3, 0.4) is 0 Å². The van der Waals surface area contributed by atoms with Gasteiger partial charge in [-0.2, -0.15) is 5.10 Å². The van der Waals surface area contributed by atoms with Crippen LogP contribution < -0.4 is 5.73 Å². The third kappa shape index (κ3) is 1.52. The van der Waals surface area contributed by atoms with Crippen molar-refractivity contribution >= 4 is 0 Å². The first-order valence-electron chi connectivity index (χ1n) is 4.70. The SMILES string of the molecule is Cc1c(C(N)c2cnnn2C)cnn1C. The molecule has 0 aliphatic carbocycles. The summed E-state index contributed by atoms with van der Waals surface area (Å²) >= 11 is 0. The monoisotopic (exact) mass is 206 g/mol. The van der Waals surface area contributed by atoms with Gasteiger partial charge in [0.1, 0.15) is 0 Å². The average molecular weight is 206 g/mol. The summed E-state index contributed by atoms with van der Waals surface area (Å²) in [7, 11) is 3.72. The number of nitrogens with zero attached hydrogens (tertiary/aromatic N) is 5. The van der Waals surface area contributed by atoms with Gasteiger partial charge >= 0.3 is 0 Å². The topological polar surface area (TPSA) is 74.6 Å². The minimum absolute atomic E-state index is 0.223. The molecule has 0 bridgehead atoms. The highest BCUT2D eigenvalue weighted by atomic mass is 15.4. The summed E-state index contributed by atoms with van der Waals surface area (Å²) in [6.07, 6.45) is 3.46. The van der Waals surface area contributed by atoms with Gasteiger partial charge in [0.05, 0.1) is 24.1 Å². The maximum Gasteiger partial charge on any atom is 0.0797 e. The second-order valence-electron chi connectivity index (χ2n) is 3.57. The molecule has 0 aliphatic heterocycles. The van der Waals surface area contributed by atoms with Crippen LogP contribution in [0.25, 0.3) is 0 Å². The van der Waals surface area contributed by atoms with Gasteiger partial charge in [-0.25, -0.2) is 0 Å². The Morgan fingerprint density at radius 3 is 2.47 bits per heavy atom. The lowest BCUT2D eigenvalue weighted by atomic mass is 10.1. The molecule has 6 nitrogen and oxygen atoms in total. The van der Waals surface area contributed by atoms with Crippen molar-refractivity contribution in [2.45, 2.75) is 13.0 Å². The van der Waals surface area contributed by atoms with Gasteiger partial charge < -0.3 is 5.73 Å². The van der Waals surface area contributed by atoms with E-state index < -0.39 is 0 Å². The normalized spacial score (nSPS) is 13.1. The molecule has 80 valence electrons. The van der Waals surface area contributed by atoms with Crippen molar-refractivity contribution in [3.63, 3.8) is 0 Å². The fourth-order valence-electron chi connectivity index (χ4n) is 1.56. The smallest absolute Gasteiger partial charge is 0.0797 e. The predicted molar refractivity (Wildman–Crippen MR) is 55.0 cm³/mol. The van der Waals surface area contributed by atoms with E-state index in [9.17, 15) is 0 Å². The molecule has 0 saturated heterocycles. The van der Waals surface area contributed by atoms with Crippen LogP contribution in [0, 0.1) is 6.92 Å². The molecule has 0 radical (unpaired) electrons. The number of rotatable bonds is 2. The van der Waals surface area contributed by atoms with Crippen LogP contribution >= 0.6 is 0 Å². The van der Waals surface area contributed by atoms with Crippen molar-refractivity contribution in [2.24, 2.45) is 19.8 Å². The molecular weight excluding hydrogens is 192 g/mol. The van der Waals surface area contributed by atoms with Crippen LogP contribution in [-0.4, -0.2) is 24.8 Å². The number of hydrogen-bond acceptors (Lipinski definition) is 4. The van der Waals surface area contributed by atoms with Crippen LogP contribution in [0.1, 0.15) is 23.0 Å². The summed E-state index contributed by atoms with van der Waals surface area (Å²) in [6.45, 7) is 1.99. The molecule has 6 heteroatoms. The van der Waals surface area contributed by atoms with Gasteiger partial charge in [-0.3, -0.25) is 9.36 Å². The van der Waals surface area contributed by atoms with Gasteiger partial charge in [0.25, 0.3) is 0 Å². The Bertz CT molecular complexity index is 469. The summed E-state index contributed by atoms with van der Waals surface area (Å²) in [6, 6.07) is -0.223. The zero-order chi connectivity index (χ0) is 11.0. The van der Waals surface area contributed by atoms with Gasteiger partial charge in [0.2, 0.25) is 0 Å². The average Bonchev–Trinajstić information content (AvgIpc) is 2.75.